The number of sulfonamides is 1. The van der Waals surface area contributed by atoms with E-state index in [1.165, 1.54) is 23.4 Å². The number of ether oxygens (including phenoxy) is 3. The molecule has 1 N–H and O–H groups in total. The van der Waals surface area contributed by atoms with Gasteiger partial charge in [-0.2, -0.15) is 4.31 Å². The summed E-state index contributed by atoms with van der Waals surface area (Å²) in [6, 6.07) is 5.06. The highest BCUT2D eigenvalue weighted by Gasteiger charge is 2.47. The molecule has 0 aromatic heterocycles. The van der Waals surface area contributed by atoms with E-state index in [9.17, 15) is 18.3 Å². The number of unbranched alkanes of at least 4 members (excludes halogenated alkanes) is 2. The van der Waals surface area contributed by atoms with Gasteiger partial charge in [-0.25, -0.2) is 8.42 Å². The van der Waals surface area contributed by atoms with E-state index in [4.69, 9.17) is 26.4 Å². The molecule has 1 aromatic carbocycles. The Morgan fingerprint density at radius 2 is 1.97 bits per heavy atom. The number of morpholine rings is 1. The number of aliphatic hydroxyl groups excluding tert-OH is 1. The summed E-state index contributed by atoms with van der Waals surface area (Å²) in [4.78, 5) is 10.7. The molecule has 0 amide bonds. The predicted molar refractivity (Wildman–Crippen MR) is 123 cm³/mol. The normalized spacial score (nSPS) is 18.3. The van der Waals surface area contributed by atoms with Crippen molar-refractivity contribution >= 4 is 33.3 Å². The van der Waals surface area contributed by atoms with E-state index in [-0.39, 0.29) is 30.6 Å². The van der Waals surface area contributed by atoms with E-state index in [0.29, 0.717) is 18.8 Å². The number of carbonyl (C=O) groups excluding carboxylic acids is 1. The first kappa shape index (κ1) is 26.1. The molecule has 0 spiro atoms. The Morgan fingerprint density at radius 3 is 2.59 bits per heavy atom. The average molecular weight is 484 g/mol. The van der Waals surface area contributed by atoms with Gasteiger partial charge in [-0.3, -0.25) is 4.79 Å². The zero-order valence-electron chi connectivity index (χ0n) is 18.5. The molecule has 1 aromatic rings. The van der Waals surface area contributed by atoms with Crippen LogP contribution in [0.5, 0.6) is 5.75 Å². The lowest BCUT2D eigenvalue weighted by Gasteiger charge is -2.43. The Bertz CT molecular complexity index is 962. The highest BCUT2D eigenvalue weighted by atomic mass is 32.2. The van der Waals surface area contributed by atoms with Crippen LogP contribution in [0.15, 0.2) is 29.2 Å². The summed E-state index contributed by atoms with van der Waals surface area (Å²) >= 11 is 4.91. The fraction of sp³-hybridized carbons (Fsp3) is 0.545. The molecular weight excluding hydrogens is 454 g/mol. The summed E-state index contributed by atoms with van der Waals surface area (Å²) in [6.45, 7) is 5.63. The highest BCUT2D eigenvalue weighted by molar-refractivity contribution is 7.89. The van der Waals surface area contributed by atoms with Gasteiger partial charge < -0.3 is 19.3 Å². The maximum atomic E-state index is 13.2. The molecule has 1 fully saturated rings. The molecule has 0 unspecified atom stereocenters. The summed E-state index contributed by atoms with van der Waals surface area (Å²) in [6.07, 6.45) is 2.25. The van der Waals surface area contributed by atoms with Crippen LogP contribution < -0.4 is 4.74 Å². The van der Waals surface area contributed by atoms with Crippen molar-refractivity contribution in [2.75, 3.05) is 26.4 Å². The number of carbonyl (C=O) groups is 1. The van der Waals surface area contributed by atoms with E-state index in [2.05, 4.69) is 11.8 Å². The lowest BCUT2D eigenvalue weighted by Crippen LogP contribution is -2.61. The van der Waals surface area contributed by atoms with Gasteiger partial charge in [-0.15, -0.1) is 0 Å². The van der Waals surface area contributed by atoms with Gasteiger partial charge >= 0.3 is 5.97 Å². The van der Waals surface area contributed by atoms with Crippen LogP contribution in [0.3, 0.4) is 0 Å². The largest absolute Gasteiger partial charge is 0.501 e. The monoisotopic (exact) mass is 483 g/mol. The molecule has 8 nitrogen and oxygen atoms in total. The van der Waals surface area contributed by atoms with Crippen molar-refractivity contribution in [3.8, 4) is 17.6 Å². The second-order valence-corrected chi connectivity index (χ2v) is 10.0. The van der Waals surface area contributed by atoms with E-state index in [1.54, 1.807) is 26.0 Å². The number of nitrogens with zero attached hydrogens (tertiary/aromatic N) is 1. The van der Waals surface area contributed by atoms with Crippen molar-refractivity contribution in [1.29, 1.82) is 0 Å². The third kappa shape index (κ3) is 7.17. The summed E-state index contributed by atoms with van der Waals surface area (Å²) in [7, 11) is -3.90. The fourth-order valence-electron chi connectivity index (χ4n) is 3.27. The molecule has 0 bridgehead atoms. The van der Waals surface area contributed by atoms with Gasteiger partial charge in [-0.05, 0) is 63.2 Å². The van der Waals surface area contributed by atoms with Gasteiger partial charge in [-0.1, -0.05) is 11.8 Å². The highest BCUT2D eigenvalue weighted by Crippen LogP contribution is 2.31. The van der Waals surface area contributed by atoms with Crippen LogP contribution in [0.1, 0.15) is 40.0 Å². The Labute approximate surface area is 194 Å². The first-order chi connectivity index (χ1) is 15.1. The maximum Gasteiger partial charge on any atom is 0.302 e. The van der Waals surface area contributed by atoms with Gasteiger partial charge in [0.2, 0.25) is 10.0 Å². The number of hydrogen-bond acceptors (Lipinski definition) is 7. The van der Waals surface area contributed by atoms with Crippen molar-refractivity contribution in [3.05, 3.63) is 24.3 Å². The Hall–Kier alpha value is -2.19. The van der Waals surface area contributed by atoms with E-state index >= 15 is 0 Å². The van der Waals surface area contributed by atoms with Crippen LogP contribution in [0.4, 0.5) is 0 Å². The number of esters is 1. The van der Waals surface area contributed by atoms with Gasteiger partial charge in [0.1, 0.15) is 18.4 Å². The zero-order valence-corrected chi connectivity index (χ0v) is 20.1. The summed E-state index contributed by atoms with van der Waals surface area (Å²) in [5, 5.41) is 9.53. The first-order valence-corrected chi connectivity index (χ1v) is 12.1. The molecular formula is C22H29NO7S2. The molecule has 1 atom stereocenters. The molecule has 10 heteroatoms. The van der Waals surface area contributed by atoms with Crippen LogP contribution in [0.25, 0.3) is 0 Å². The van der Waals surface area contributed by atoms with Crippen molar-refractivity contribution in [2.24, 2.45) is 0 Å². The smallest absolute Gasteiger partial charge is 0.302 e. The van der Waals surface area contributed by atoms with Crippen LogP contribution >= 0.6 is 12.2 Å². The maximum absolute atomic E-state index is 13.2. The molecule has 1 heterocycles. The van der Waals surface area contributed by atoms with Crippen molar-refractivity contribution < 1.29 is 32.5 Å². The number of thiocarbonyl (C=S) groups is 1. The molecule has 32 heavy (non-hydrogen) atoms. The lowest BCUT2D eigenvalue weighted by molar-refractivity contribution is -0.141. The molecule has 1 saturated heterocycles. The van der Waals surface area contributed by atoms with E-state index in [1.807, 2.05) is 0 Å². The molecule has 2 rings (SSSR count). The molecule has 0 saturated carbocycles. The molecule has 176 valence electrons. The molecule has 1 aliphatic heterocycles. The SMILES string of the molecule is CC(=O)OCCCCC#CCOc1ccc(S(=O)(=O)N2CCOC(C)(C)[C@H]2C(O)=S)cc1. The van der Waals surface area contributed by atoms with Gasteiger partial charge in [0.05, 0.1) is 23.7 Å². The number of benzene rings is 1. The fourth-order valence-corrected chi connectivity index (χ4v) is 5.44. The third-order valence-corrected chi connectivity index (χ3v) is 6.94. The molecule has 1 aliphatic rings. The van der Waals surface area contributed by atoms with E-state index in [0.717, 1.165) is 12.8 Å². The Balaban J connectivity index is 1.92. The number of aliphatic hydroxyl groups is 1. The van der Waals surface area contributed by atoms with E-state index < -0.39 is 26.7 Å². The minimum Gasteiger partial charge on any atom is -0.501 e. The summed E-state index contributed by atoms with van der Waals surface area (Å²) < 4.78 is 43.5. The number of hydrogen-bond donors (Lipinski definition) is 1. The summed E-state index contributed by atoms with van der Waals surface area (Å²) in [5.41, 5.74) is -0.945. The Kier molecular flexibility index (Phi) is 9.46. The number of rotatable bonds is 9. The van der Waals surface area contributed by atoms with Crippen LogP contribution in [-0.4, -0.2) is 66.9 Å². The standard InChI is InChI=1S/C22H29NO7S2/c1-17(24)28-14-7-5-4-6-8-15-29-18-9-11-19(12-10-18)32(26,27)23-13-16-30-22(2,3)20(23)21(25)31/h9-12,20H,4-5,7,13-16H2,1-3H3,(H,25,31)/t20-/m1/s1. The Morgan fingerprint density at radius 1 is 1.28 bits per heavy atom. The minimum absolute atomic E-state index is 0.0719. The predicted octanol–water partition coefficient (Wildman–Crippen LogP) is 2.86. The van der Waals surface area contributed by atoms with Gasteiger partial charge in [0, 0.05) is 19.9 Å². The first-order valence-electron chi connectivity index (χ1n) is 10.3. The topological polar surface area (TPSA) is 102 Å². The summed E-state index contributed by atoms with van der Waals surface area (Å²) in [5.74, 6) is 6.08. The van der Waals surface area contributed by atoms with Gasteiger partial charge in [0.25, 0.3) is 0 Å². The van der Waals surface area contributed by atoms with Crippen molar-refractivity contribution in [2.45, 2.75) is 56.6 Å². The third-order valence-electron chi connectivity index (χ3n) is 4.83. The van der Waals surface area contributed by atoms with Crippen LogP contribution in [0.2, 0.25) is 0 Å². The molecule has 0 aliphatic carbocycles. The average Bonchev–Trinajstić information content (AvgIpc) is 2.71. The van der Waals surface area contributed by atoms with Crippen molar-refractivity contribution in [3.63, 3.8) is 0 Å². The zero-order chi connectivity index (χ0) is 23.8. The second-order valence-electron chi connectivity index (χ2n) is 7.72. The lowest BCUT2D eigenvalue weighted by atomic mass is 9.98. The minimum atomic E-state index is -3.90. The van der Waals surface area contributed by atoms with Crippen LogP contribution in [-0.2, 0) is 24.3 Å². The quantitative estimate of drug-likeness (QED) is 0.248. The van der Waals surface area contributed by atoms with Gasteiger partial charge in [0.15, 0.2) is 5.05 Å². The second kappa shape index (κ2) is 11.6. The van der Waals surface area contributed by atoms with Crippen molar-refractivity contribution in [1.82, 2.24) is 4.31 Å². The molecule has 0 radical (unpaired) electrons. The van der Waals surface area contributed by atoms with Crippen LogP contribution in [0, 0.1) is 11.8 Å².